The van der Waals surface area contributed by atoms with Crippen LogP contribution in [0.25, 0.3) is 0 Å². The molecule has 17 heavy (non-hydrogen) atoms. The lowest BCUT2D eigenvalue weighted by Gasteiger charge is -2.11. The summed E-state index contributed by atoms with van der Waals surface area (Å²) in [6.07, 6.45) is -0.935. The van der Waals surface area contributed by atoms with Crippen LogP contribution in [0.1, 0.15) is 6.42 Å². The molecule has 0 saturated carbocycles. The average Bonchev–Trinajstić information content (AvgIpc) is 1.95. The molecule has 0 rings (SSSR count). The van der Waals surface area contributed by atoms with E-state index in [0.717, 1.165) is 0 Å². The van der Waals surface area contributed by atoms with E-state index in [9.17, 15) is 22.6 Å². The molecule has 0 radical (unpaired) electrons. The number of carbonyl (C=O) groups is 2. The van der Waals surface area contributed by atoms with Crippen LogP contribution in [0.4, 0.5) is 0 Å². The number of aliphatic carboxylic acids is 2. The molecule has 0 bridgehead atoms. The lowest BCUT2D eigenvalue weighted by Crippen LogP contribution is -2.27. The van der Waals surface area contributed by atoms with Gasteiger partial charge in [-0.15, -0.1) is 0 Å². The van der Waals surface area contributed by atoms with Crippen molar-refractivity contribution in [3.63, 3.8) is 0 Å². The summed E-state index contributed by atoms with van der Waals surface area (Å²) in [5, 5.41) is 16.9. The average molecular weight is 290 g/mol. The summed E-state index contributed by atoms with van der Waals surface area (Å²) in [4.78, 5) is 37.7. The molecular formula is C6H11O9PS. The van der Waals surface area contributed by atoms with Gasteiger partial charge in [0, 0.05) is 0 Å². The Labute approximate surface area is 96.2 Å². The van der Waals surface area contributed by atoms with Crippen LogP contribution in [0.3, 0.4) is 0 Å². The van der Waals surface area contributed by atoms with E-state index in [-0.39, 0.29) is 0 Å². The van der Waals surface area contributed by atoms with Gasteiger partial charge in [0.25, 0.3) is 0 Å². The normalized spacial score (nSPS) is 14.2. The van der Waals surface area contributed by atoms with Gasteiger partial charge in [-0.25, -0.2) is 8.42 Å². The Hall–Kier alpha value is -0.960. The molecule has 1 unspecified atom stereocenters. The smallest absolute Gasteiger partial charge is 0.340 e. The molecular weight excluding hydrogens is 279 g/mol. The highest BCUT2D eigenvalue weighted by Crippen LogP contribution is 2.36. The molecule has 0 aliphatic rings. The molecule has 0 heterocycles. The maximum Gasteiger partial charge on any atom is 0.340 e. The fourth-order valence-corrected chi connectivity index (χ4v) is 4.39. The van der Waals surface area contributed by atoms with Crippen molar-refractivity contribution in [1.82, 2.24) is 0 Å². The summed E-state index contributed by atoms with van der Waals surface area (Å²) in [5.74, 6) is -6.02. The first-order valence-corrected chi connectivity index (χ1v) is 7.74. The van der Waals surface area contributed by atoms with Gasteiger partial charge >= 0.3 is 19.5 Å². The third-order valence-corrected chi connectivity index (χ3v) is 5.42. The van der Waals surface area contributed by atoms with E-state index in [1.807, 2.05) is 0 Å². The minimum absolute atomic E-state index is 0.935. The van der Waals surface area contributed by atoms with Gasteiger partial charge in [-0.05, 0) is 0 Å². The van der Waals surface area contributed by atoms with Gasteiger partial charge in [0.1, 0.15) is 0 Å². The lowest BCUT2D eigenvalue weighted by molar-refractivity contribution is -0.147. The molecule has 4 N–H and O–H groups in total. The molecule has 0 aromatic carbocycles. The third kappa shape index (κ3) is 7.86. The standard InChI is InChI=1S/C6H11O9PS/c7-5(8)1-4(6(9)10)2-17(14,15)3-16(11,12)13/h4H,1-3H2,(H,7,8)(H,9,10)(H2,11,12,13). The fraction of sp³-hybridized carbons (Fsp3) is 0.667. The first-order chi connectivity index (χ1) is 7.43. The Morgan fingerprint density at radius 1 is 1.18 bits per heavy atom. The van der Waals surface area contributed by atoms with Crippen LogP contribution in [-0.2, 0) is 24.0 Å². The van der Waals surface area contributed by atoms with Crippen LogP contribution in [0, 0.1) is 5.92 Å². The molecule has 0 spiro atoms. The molecule has 0 aromatic heterocycles. The first-order valence-electron chi connectivity index (χ1n) is 4.12. The zero-order valence-electron chi connectivity index (χ0n) is 8.38. The topological polar surface area (TPSA) is 166 Å². The van der Waals surface area contributed by atoms with Crippen LogP contribution < -0.4 is 0 Å². The van der Waals surface area contributed by atoms with E-state index in [4.69, 9.17) is 20.0 Å². The molecule has 9 nitrogen and oxygen atoms in total. The first kappa shape index (κ1) is 16.0. The predicted octanol–water partition coefficient (Wildman–Crippen LogP) is -1.29. The fourth-order valence-electron chi connectivity index (χ4n) is 1.04. The summed E-state index contributed by atoms with van der Waals surface area (Å²) in [7, 11) is -9.17. The van der Waals surface area contributed by atoms with Crippen LogP contribution in [-0.4, -0.2) is 51.6 Å². The lowest BCUT2D eigenvalue weighted by atomic mass is 10.1. The van der Waals surface area contributed by atoms with E-state index in [2.05, 4.69) is 0 Å². The number of hydrogen-bond donors (Lipinski definition) is 4. The van der Waals surface area contributed by atoms with Crippen molar-refractivity contribution < 1.29 is 42.6 Å². The maximum absolute atomic E-state index is 11.2. The minimum atomic E-state index is -4.84. The Bertz CT molecular complexity index is 446. The van der Waals surface area contributed by atoms with Crippen molar-refractivity contribution in [1.29, 1.82) is 0 Å². The van der Waals surface area contributed by atoms with Crippen LogP contribution in [0.2, 0.25) is 0 Å². The van der Waals surface area contributed by atoms with E-state index < -0.39 is 53.0 Å². The molecule has 0 saturated heterocycles. The van der Waals surface area contributed by atoms with Crippen molar-refractivity contribution >= 4 is 29.4 Å². The van der Waals surface area contributed by atoms with E-state index >= 15 is 0 Å². The van der Waals surface area contributed by atoms with Crippen LogP contribution in [0.5, 0.6) is 0 Å². The molecule has 0 aromatic rings. The molecule has 11 heteroatoms. The second-order valence-corrected chi connectivity index (χ2v) is 7.52. The number of sulfone groups is 1. The molecule has 0 aliphatic carbocycles. The van der Waals surface area contributed by atoms with Gasteiger partial charge < -0.3 is 20.0 Å². The largest absolute Gasteiger partial charge is 0.481 e. The zero-order valence-corrected chi connectivity index (χ0v) is 10.1. The van der Waals surface area contributed by atoms with Crippen molar-refractivity contribution in [3.8, 4) is 0 Å². The molecule has 1 atom stereocenters. The molecule has 0 fully saturated rings. The van der Waals surface area contributed by atoms with E-state index in [1.165, 1.54) is 0 Å². The monoisotopic (exact) mass is 290 g/mol. The maximum atomic E-state index is 11.2. The van der Waals surface area contributed by atoms with Gasteiger partial charge in [-0.3, -0.25) is 14.2 Å². The van der Waals surface area contributed by atoms with Gasteiger partial charge in [0.05, 0.1) is 18.1 Å². The minimum Gasteiger partial charge on any atom is -0.481 e. The number of rotatable bonds is 7. The summed E-state index contributed by atoms with van der Waals surface area (Å²) in [6.45, 7) is 0. The van der Waals surface area contributed by atoms with Gasteiger partial charge in [-0.1, -0.05) is 0 Å². The Morgan fingerprint density at radius 2 is 1.65 bits per heavy atom. The van der Waals surface area contributed by atoms with E-state index in [0.29, 0.717) is 0 Å². The van der Waals surface area contributed by atoms with Gasteiger partial charge in [0.15, 0.2) is 15.3 Å². The molecule has 0 amide bonds. The highest BCUT2D eigenvalue weighted by molar-refractivity contribution is 7.97. The number of carboxylic acids is 2. The van der Waals surface area contributed by atoms with E-state index in [1.54, 1.807) is 0 Å². The number of hydrogen-bond acceptors (Lipinski definition) is 5. The van der Waals surface area contributed by atoms with Gasteiger partial charge in [0.2, 0.25) is 0 Å². The summed E-state index contributed by atoms with van der Waals surface area (Å²) in [6, 6.07) is 0. The highest BCUT2D eigenvalue weighted by Gasteiger charge is 2.32. The Kier molecular flexibility index (Phi) is 5.27. The Morgan fingerprint density at radius 3 is 1.94 bits per heavy atom. The van der Waals surface area contributed by atoms with Gasteiger partial charge in [-0.2, -0.15) is 0 Å². The molecule has 0 aliphatic heterocycles. The predicted molar refractivity (Wildman–Crippen MR) is 54.1 cm³/mol. The quantitative estimate of drug-likeness (QED) is 0.417. The number of carboxylic acid groups (broad SMARTS) is 2. The van der Waals surface area contributed by atoms with Crippen molar-refractivity contribution in [3.05, 3.63) is 0 Å². The Balaban J connectivity index is 4.82. The van der Waals surface area contributed by atoms with Crippen LogP contribution in [0.15, 0.2) is 0 Å². The highest BCUT2D eigenvalue weighted by atomic mass is 32.2. The summed E-state index contributed by atoms with van der Waals surface area (Å²) in [5.41, 5.74) is -1.50. The SMILES string of the molecule is O=C(O)CC(CS(=O)(=O)CP(=O)(O)O)C(=O)O. The summed E-state index contributed by atoms with van der Waals surface area (Å²) < 4.78 is 32.9. The third-order valence-electron chi connectivity index (χ3n) is 1.59. The van der Waals surface area contributed by atoms with Crippen molar-refractivity contribution in [2.24, 2.45) is 5.92 Å². The van der Waals surface area contributed by atoms with Crippen LogP contribution >= 0.6 is 7.60 Å². The second-order valence-electron chi connectivity index (χ2n) is 3.34. The second kappa shape index (κ2) is 5.58. The summed E-state index contributed by atoms with van der Waals surface area (Å²) >= 11 is 0. The van der Waals surface area contributed by atoms with Crippen molar-refractivity contribution in [2.75, 3.05) is 11.2 Å². The molecule has 100 valence electrons. The van der Waals surface area contributed by atoms with Crippen molar-refractivity contribution in [2.45, 2.75) is 6.42 Å². The zero-order chi connectivity index (χ0) is 13.9.